The molecular formula is C19H24N2OS. The zero-order valence-electron chi connectivity index (χ0n) is 13.7. The Morgan fingerprint density at radius 2 is 1.96 bits per heavy atom. The first-order valence-corrected chi connectivity index (χ1v) is 9.00. The van der Waals surface area contributed by atoms with Crippen LogP contribution in [0, 0.1) is 5.92 Å². The van der Waals surface area contributed by atoms with Gasteiger partial charge in [0, 0.05) is 23.9 Å². The number of rotatable bonds is 4. The number of thiophene rings is 1. The van der Waals surface area contributed by atoms with E-state index in [2.05, 4.69) is 24.3 Å². The fourth-order valence-corrected chi connectivity index (χ4v) is 4.33. The summed E-state index contributed by atoms with van der Waals surface area (Å²) < 4.78 is 0. The van der Waals surface area contributed by atoms with Crippen LogP contribution in [0.4, 0.5) is 0 Å². The summed E-state index contributed by atoms with van der Waals surface area (Å²) in [6, 6.07) is 14.5. The van der Waals surface area contributed by atoms with Gasteiger partial charge in [-0.3, -0.25) is 4.79 Å². The predicted octanol–water partition coefficient (Wildman–Crippen LogP) is 3.23. The SMILES string of the molecule is CC(C)(C(=O)N1C[C@@H](CN)[C@H](c2ccccc2)C1)c1cccs1. The minimum Gasteiger partial charge on any atom is -0.341 e. The summed E-state index contributed by atoms with van der Waals surface area (Å²) in [6.45, 7) is 6.18. The molecule has 1 aromatic carbocycles. The van der Waals surface area contributed by atoms with Gasteiger partial charge in [-0.15, -0.1) is 11.3 Å². The monoisotopic (exact) mass is 328 g/mol. The van der Waals surface area contributed by atoms with E-state index in [0.29, 0.717) is 18.4 Å². The van der Waals surface area contributed by atoms with E-state index in [1.807, 2.05) is 42.3 Å². The van der Waals surface area contributed by atoms with E-state index in [-0.39, 0.29) is 5.91 Å². The summed E-state index contributed by atoms with van der Waals surface area (Å²) in [7, 11) is 0. The fourth-order valence-electron chi connectivity index (χ4n) is 3.49. The maximum atomic E-state index is 13.1. The molecule has 2 N–H and O–H groups in total. The summed E-state index contributed by atoms with van der Waals surface area (Å²) in [6.07, 6.45) is 0. The molecule has 3 rings (SSSR count). The summed E-state index contributed by atoms with van der Waals surface area (Å²) in [5.74, 6) is 0.876. The normalized spacial score (nSPS) is 21.6. The van der Waals surface area contributed by atoms with Crippen LogP contribution in [0.5, 0.6) is 0 Å². The maximum Gasteiger partial charge on any atom is 0.233 e. The number of amides is 1. The highest BCUT2D eigenvalue weighted by Gasteiger charge is 2.41. The molecule has 122 valence electrons. The molecule has 1 saturated heterocycles. The Hall–Kier alpha value is -1.65. The Bertz CT molecular complexity index is 651. The van der Waals surface area contributed by atoms with Crippen molar-refractivity contribution >= 4 is 17.2 Å². The van der Waals surface area contributed by atoms with E-state index < -0.39 is 5.41 Å². The van der Waals surface area contributed by atoms with Crippen LogP contribution in [-0.4, -0.2) is 30.4 Å². The highest BCUT2D eigenvalue weighted by molar-refractivity contribution is 7.10. The van der Waals surface area contributed by atoms with Gasteiger partial charge >= 0.3 is 0 Å². The van der Waals surface area contributed by atoms with Gasteiger partial charge in [-0.25, -0.2) is 0 Å². The lowest BCUT2D eigenvalue weighted by molar-refractivity contribution is -0.135. The van der Waals surface area contributed by atoms with Crippen molar-refractivity contribution in [3.05, 3.63) is 58.3 Å². The van der Waals surface area contributed by atoms with Gasteiger partial charge in [0.1, 0.15) is 0 Å². The lowest BCUT2D eigenvalue weighted by atomic mass is 9.89. The molecule has 1 aliphatic heterocycles. The molecule has 1 fully saturated rings. The van der Waals surface area contributed by atoms with Crippen molar-refractivity contribution < 1.29 is 4.79 Å². The molecule has 0 spiro atoms. The zero-order chi connectivity index (χ0) is 16.4. The number of carbonyl (C=O) groups is 1. The molecule has 2 aromatic rings. The average molecular weight is 328 g/mol. The smallest absolute Gasteiger partial charge is 0.233 e. The van der Waals surface area contributed by atoms with Crippen LogP contribution in [0.25, 0.3) is 0 Å². The number of hydrogen-bond donors (Lipinski definition) is 1. The van der Waals surface area contributed by atoms with Crippen molar-refractivity contribution in [1.29, 1.82) is 0 Å². The summed E-state index contributed by atoms with van der Waals surface area (Å²) >= 11 is 1.65. The number of hydrogen-bond acceptors (Lipinski definition) is 3. The Morgan fingerprint density at radius 1 is 1.22 bits per heavy atom. The number of benzene rings is 1. The van der Waals surface area contributed by atoms with E-state index in [1.54, 1.807) is 11.3 Å². The molecule has 0 unspecified atom stereocenters. The molecule has 0 radical (unpaired) electrons. The third-order valence-corrected chi connectivity index (χ3v) is 6.12. The van der Waals surface area contributed by atoms with Gasteiger partial charge in [-0.2, -0.15) is 0 Å². The van der Waals surface area contributed by atoms with Crippen LogP contribution in [0.3, 0.4) is 0 Å². The van der Waals surface area contributed by atoms with E-state index in [0.717, 1.165) is 18.0 Å². The minimum absolute atomic E-state index is 0.205. The molecule has 4 heteroatoms. The van der Waals surface area contributed by atoms with Gasteiger partial charge in [0.15, 0.2) is 0 Å². The summed E-state index contributed by atoms with van der Waals surface area (Å²) in [4.78, 5) is 16.2. The molecule has 1 amide bonds. The highest BCUT2D eigenvalue weighted by Crippen LogP contribution is 2.36. The molecule has 2 atom stereocenters. The standard InChI is InChI=1S/C19H24N2OS/c1-19(2,17-9-6-10-23-17)18(22)21-12-15(11-20)16(13-21)14-7-4-3-5-8-14/h3-10,15-16H,11-13,20H2,1-2H3/t15-,16+/m1/s1. The van der Waals surface area contributed by atoms with Gasteiger partial charge in [0.25, 0.3) is 0 Å². The van der Waals surface area contributed by atoms with Crippen molar-refractivity contribution in [2.75, 3.05) is 19.6 Å². The summed E-state index contributed by atoms with van der Waals surface area (Å²) in [5.41, 5.74) is 6.80. The lowest BCUT2D eigenvalue weighted by Crippen LogP contribution is -2.42. The molecule has 23 heavy (non-hydrogen) atoms. The molecule has 3 nitrogen and oxygen atoms in total. The third-order valence-electron chi connectivity index (χ3n) is 4.93. The predicted molar refractivity (Wildman–Crippen MR) is 95.7 cm³/mol. The number of likely N-dealkylation sites (tertiary alicyclic amines) is 1. The zero-order valence-corrected chi connectivity index (χ0v) is 14.6. The first kappa shape index (κ1) is 16.2. The minimum atomic E-state index is -0.473. The molecule has 0 aliphatic carbocycles. The van der Waals surface area contributed by atoms with E-state index in [4.69, 9.17) is 5.73 Å². The number of nitrogens with zero attached hydrogens (tertiary/aromatic N) is 1. The third kappa shape index (κ3) is 3.06. The number of nitrogens with two attached hydrogens (primary N) is 1. The largest absolute Gasteiger partial charge is 0.341 e. The van der Waals surface area contributed by atoms with Crippen LogP contribution in [0.15, 0.2) is 47.8 Å². The van der Waals surface area contributed by atoms with Gasteiger partial charge in [-0.1, -0.05) is 36.4 Å². The topological polar surface area (TPSA) is 46.3 Å². The second-order valence-corrected chi connectivity index (χ2v) is 7.77. The fraction of sp³-hybridized carbons (Fsp3) is 0.421. The molecule has 1 aliphatic rings. The van der Waals surface area contributed by atoms with E-state index in [1.165, 1.54) is 5.56 Å². The molecular weight excluding hydrogens is 304 g/mol. The van der Waals surface area contributed by atoms with Gasteiger partial charge in [-0.05, 0) is 43.3 Å². The van der Waals surface area contributed by atoms with Gasteiger partial charge in [0.05, 0.1) is 5.41 Å². The van der Waals surface area contributed by atoms with Crippen LogP contribution in [0.2, 0.25) is 0 Å². The maximum absolute atomic E-state index is 13.1. The van der Waals surface area contributed by atoms with E-state index >= 15 is 0 Å². The Morgan fingerprint density at radius 3 is 2.57 bits per heavy atom. The van der Waals surface area contributed by atoms with E-state index in [9.17, 15) is 4.79 Å². The molecule has 0 bridgehead atoms. The van der Waals surface area contributed by atoms with Crippen LogP contribution in [-0.2, 0) is 10.2 Å². The average Bonchev–Trinajstić information content (AvgIpc) is 3.24. The molecule has 2 heterocycles. The number of carbonyl (C=O) groups excluding carboxylic acids is 1. The van der Waals surface area contributed by atoms with Crippen molar-refractivity contribution in [3.8, 4) is 0 Å². The Kier molecular flexibility index (Phi) is 4.55. The van der Waals surface area contributed by atoms with Gasteiger partial charge in [0.2, 0.25) is 5.91 Å². The quantitative estimate of drug-likeness (QED) is 0.936. The first-order chi connectivity index (χ1) is 11.0. The second-order valence-electron chi connectivity index (χ2n) is 6.83. The summed E-state index contributed by atoms with van der Waals surface area (Å²) in [5, 5.41) is 2.03. The first-order valence-electron chi connectivity index (χ1n) is 8.12. The van der Waals surface area contributed by atoms with Crippen LogP contribution in [0.1, 0.15) is 30.2 Å². The lowest BCUT2D eigenvalue weighted by Gasteiger charge is -2.28. The second kappa shape index (κ2) is 6.46. The molecule has 1 aromatic heterocycles. The van der Waals surface area contributed by atoms with Crippen molar-refractivity contribution in [1.82, 2.24) is 4.90 Å². The van der Waals surface area contributed by atoms with Crippen molar-refractivity contribution in [2.24, 2.45) is 11.7 Å². The van der Waals surface area contributed by atoms with Gasteiger partial charge < -0.3 is 10.6 Å². The van der Waals surface area contributed by atoms with Crippen LogP contribution < -0.4 is 5.73 Å². The Balaban J connectivity index is 1.81. The highest BCUT2D eigenvalue weighted by atomic mass is 32.1. The van der Waals surface area contributed by atoms with Crippen LogP contribution >= 0.6 is 11.3 Å². The molecule has 0 saturated carbocycles. The van der Waals surface area contributed by atoms with Crippen molar-refractivity contribution in [2.45, 2.75) is 25.2 Å². The Labute approximate surface area is 142 Å². The van der Waals surface area contributed by atoms with Crippen molar-refractivity contribution in [3.63, 3.8) is 0 Å².